The average Bonchev–Trinajstić information content (AvgIpc) is 2.48. The van der Waals surface area contributed by atoms with E-state index in [-0.39, 0.29) is 5.92 Å². The van der Waals surface area contributed by atoms with Crippen LogP contribution in [0.5, 0.6) is 0 Å². The molecule has 2 nitrogen and oxygen atoms in total. The molecular weight excluding hydrogens is 248 g/mol. The van der Waals surface area contributed by atoms with Gasteiger partial charge in [-0.25, -0.2) is 0 Å². The van der Waals surface area contributed by atoms with Crippen LogP contribution in [0.4, 0.5) is 0 Å². The van der Waals surface area contributed by atoms with Crippen molar-refractivity contribution in [3.05, 3.63) is 12.2 Å². The molecule has 0 radical (unpaired) electrons. The van der Waals surface area contributed by atoms with E-state index in [1.54, 1.807) is 0 Å². The van der Waals surface area contributed by atoms with Gasteiger partial charge in [-0.05, 0) is 75.5 Å². The summed E-state index contributed by atoms with van der Waals surface area (Å²) in [7, 11) is 0. The number of carbonyl (C=O) groups is 1. The number of hydrogen-bond donors (Lipinski definition) is 1. The van der Waals surface area contributed by atoms with Crippen molar-refractivity contribution in [2.24, 2.45) is 23.7 Å². The first-order valence-corrected chi connectivity index (χ1v) is 8.60. The van der Waals surface area contributed by atoms with Crippen molar-refractivity contribution < 1.29 is 9.90 Å². The van der Waals surface area contributed by atoms with Crippen LogP contribution in [0.2, 0.25) is 0 Å². The van der Waals surface area contributed by atoms with E-state index in [2.05, 4.69) is 19.1 Å². The molecule has 0 heterocycles. The van der Waals surface area contributed by atoms with Crippen LogP contribution >= 0.6 is 0 Å². The molecule has 114 valence electrons. The molecule has 0 spiro atoms. The number of hydrogen-bond acceptors (Lipinski definition) is 1. The molecule has 0 amide bonds. The number of carboxylic acids is 1. The number of rotatable bonds is 5. The van der Waals surface area contributed by atoms with E-state index in [0.717, 1.165) is 43.4 Å². The second-order valence-corrected chi connectivity index (χ2v) is 6.84. The fraction of sp³-hybridized carbons (Fsp3) is 0.833. The monoisotopic (exact) mass is 278 g/mol. The van der Waals surface area contributed by atoms with Crippen LogP contribution in [0, 0.1) is 23.7 Å². The van der Waals surface area contributed by atoms with Crippen molar-refractivity contribution in [3.8, 4) is 0 Å². The zero-order valence-corrected chi connectivity index (χ0v) is 12.9. The molecule has 1 N–H and O–H groups in total. The molecule has 0 saturated heterocycles. The predicted molar refractivity (Wildman–Crippen MR) is 82.6 cm³/mol. The zero-order valence-electron chi connectivity index (χ0n) is 12.9. The summed E-state index contributed by atoms with van der Waals surface area (Å²) in [5.74, 6) is 1.87. The molecule has 0 atom stereocenters. The van der Waals surface area contributed by atoms with E-state index in [0.29, 0.717) is 0 Å². The van der Waals surface area contributed by atoms with Crippen molar-refractivity contribution in [2.45, 2.75) is 71.1 Å². The van der Waals surface area contributed by atoms with E-state index in [1.165, 1.54) is 38.5 Å². The van der Waals surface area contributed by atoms with Crippen molar-refractivity contribution in [1.29, 1.82) is 0 Å². The van der Waals surface area contributed by atoms with Crippen molar-refractivity contribution >= 4 is 5.97 Å². The maximum Gasteiger partial charge on any atom is 0.306 e. The Bertz CT molecular complexity index is 318. The molecule has 2 fully saturated rings. The summed E-state index contributed by atoms with van der Waals surface area (Å²) < 4.78 is 0. The minimum absolute atomic E-state index is 0.0560. The van der Waals surface area contributed by atoms with Crippen LogP contribution < -0.4 is 0 Å². The average molecular weight is 278 g/mol. The third-order valence-electron chi connectivity index (χ3n) is 5.47. The smallest absolute Gasteiger partial charge is 0.306 e. The zero-order chi connectivity index (χ0) is 14.4. The van der Waals surface area contributed by atoms with Gasteiger partial charge in [-0.3, -0.25) is 4.79 Å². The minimum Gasteiger partial charge on any atom is -0.481 e. The molecular formula is C18H30O2. The van der Waals surface area contributed by atoms with Gasteiger partial charge in [-0.2, -0.15) is 0 Å². The maximum atomic E-state index is 11.0. The highest BCUT2D eigenvalue weighted by Crippen LogP contribution is 2.41. The summed E-state index contributed by atoms with van der Waals surface area (Å²) in [6.45, 7) is 2.23. The summed E-state index contributed by atoms with van der Waals surface area (Å²) in [6.07, 6.45) is 16.8. The summed E-state index contributed by atoms with van der Waals surface area (Å²) in [5, 5.41) is 9.06. The Balaban J connectivity index is 1.71. The Morgan fingerprint density at radius 2 is 1.55 bits per heavy atom. The van der Waals surface area contributed by atoms with Gasteiger partial charge in [0.25, 0.3) is 0 Å². The normalized spacial score (nSPS) is 35.2. The van der Waals surface area contributed by atoms with E-state index >= 15 is 0 Å². The highest BCUT2D eigenvalue weighted by atomic mass is 16.4. The number of carboxylic acid groups (broad SMARTS) is 1. The van der Waals surface area contributed by atoms with Crippen LogP contribution in [0.3, 0.4) is 0 Å². The van der Waals surface area contributed by atoms with E-state index in [9.17, 15) is 4.79 Å². The van der Waals surface area contributed by atoms with Crippen molar-refractivity contribution in [2.75, 3.05) is 0 Å². The Hall–Kier alpha value is -0.790. The lowest BCUT2D eigenvalue weighted by molar-refractivity contribution is -0.143. The molecule has 2 saturated carbocycles. The van der Waals surface area contributed by atoms with Crippen LogP contribution in [-0.2, 0) is 4.79 Å². The van der Waals surface area contributed by atoms with Crippen LogP contribution in [0.1, 0.15) is 71.1 Å². The third kappa shape index (κ3) is 4.36. The Morgan fingerprint density at radius 3 is 2.05 bits per heavy atom. The number of aliphatic carboxylic acids is 1. The largest absolute Gasteiger partial charge is 0.481 e. The molecule has 20 heavy (non-hydrogen) atoms. The molecule has 0 aromatic rings. The topological polar surface area (TPSA) is 37.3 Å². The molecule has 0 unspecified atom stereocenters. The van der Waals surface area contributed by atoms with Gasteiger partial charge in [0.1, 0.15) is 0 Å². The molecule has 2 aliphatic rings. The van der Waals surface area contributed by atoms with Crippen molar-refractivity contribution in [1.82, 2.24) is 0 Å². The van der Waals surface area contributed by atoms with Crippen LogP contribution in [0.15, 0.2) is 12.2 Å². The van der Waals surface area contributed by atoms with Crippen LogP contribution in [-0.4, -0.2) is 11.1 Å². The first-order valence-electron chi connectivity index (χ1n) is 8.60. The highest BCUT2D eigenvalue weighted by Gasteiger charge is 2.32. The van der Waals surface area contributed by atoms with Crippen LogP contribution in [0.25, 0.3) is 0 Å². The molecule has 2 aliphatic carbocycles. The first kappa shape index (κ1) is 15.6. The fourth-order valence-electron chi connectivity index (χ4n) is 4.10. The van der Waals surface area contributed by atoms with Gasteiger partial charge in [0.2, 0.25) is 0 Å². The molecule has 0 aromatic heterocycles. The second-order valence-electron chi connectivity index (χ2n) is 6.84. The predicted octanol–water partition coefficient (Wildman–Crippen LogP) is 5.04. The summed E-state index contributed by atoms with van der Waals surface area (Å²) in [5.41, 5.74) is 0. The SMILES string of the molecule is CCCC=CC1CCC(C2CCC(C(=O)O)CC2)CC1. The summed E-state index contributed by atoms with van der Waals surface area (Å²) in [4.78, 5) is 11.0. The lowest BCUT2D eigenvalue weighted by Crippen LogP contribution is -2.28. The minimum atomic E-state index is -0.576. The van der Waals surface area contributed by atoms with Gasteiger partial charge in [0, 0.05) is 0 Å². The molecule has 2 heteroatoms. The number of allylic oxidation sites excluding steroid dienone is 2. The van der Waals surface area contributed by atoms with Gasteiger partial charge in [0.15, 0.2) is 0 Å². The Morgan fingerprint density at radius 1 is 1.00 bits per heavy atom. The van der Waals surface area contributed by atoms with Gasteiger partial charge < -0.3 is 5.11 Å². The quantitative estimate of drug-likeness (QED) is 0.715. The molecule has 0 bridgehead atoms. The van der Waals surface area contributed by atoms with Crippen molar-refractivity contribution in [3.63, 3.8) is 0 Å². The lowest BCUT2D eigenvalue weighted by atomic mass is 9.69. The number of unbranched alkanes of at least 4 members (excludes halogenated alkanes) is 1. The lowest BCUT2D eigenvalue weighted by Gasteiger charge is -2.36. The second kappa shape index (κ2) is 7.85. The third-order valence-corrected chi connectivity index (χ3v) is 5.47. The summed E-state index contributed by atoms with van der Waals surface area (Å²) >= 11 is 0. The van der Waals surface area contributed by atoms with E-state index in [1.807, 2.05) is 0 Å². The molecule has 0 aromatic carbocycles. The van der Waals surface area contributed by atoms with Gasteiger partial charge in [-0.1, -0.05) is 25.5 Å². The Kier molecular flexibility index (Phi) is 6.12. The van der Waals surface area contributed by atoms with E-state index < -0.39 is 5.97 Å². The van der Waals surface area contributed by atoms with Gasteiger partial charge >= 0.3 is 5.97 Å². The molecule has 2 rings (SSSR count). The van der Waals surface area contributed by atoms with E-state index in [4.69, 9.17) is 5.11 Å². The van der Waals surface area contributed by atoms with Gasteiger partial charge in [0.05, 0.1) is 5.92 Å². The Labute approximate surface area is 123 Å². The summed E-state index contributed by atoms with van der Waals surface area (Å²) in [6, 6.07) is 0. The van der Waals surface area contributed by atoms with Gasteiger partial charge in [-0.15, -0.1) is 0 Å². The molecule has 0 aliphatic heterocycles. The fourth-order valence-corrected chi connectivity index (χ4v) is 4.10. The first-order chi connectivity index (χ1) is 9.70. The maximum absolute atomic E-state index is 11.0. The standard InChI is InChI=1S/C18H30O2/c1-2-3-4-5-14-6-8-15(9-7-14)16-10-12-17(13-11-16)18(19)20/h4-5,14-17H,2-3,6-13H2,1H3,(H,19,20). The highest BCUT2D eigenvalue weighted by molar-refractivity contribution is 5.69.